The van der Waals surface area contributed by atoms with Gasteiger partial charge in [0.2, 0.25) is 0 Å². The molecule has 0 fully saturated rings. The normalized spacial score (nSPS) is 20.6. The summed E-state index contributed by atoms with van der Waals surface area (Å²) < 4.78 is 0. The molecule has 1 aromatic rings. The Morgan fingerprint density at radius 2 is 1.90 bits per heavy atom. The van der Waals surface area contributed by atoms with E-state index in [1.165, 1.54) is 60.8 Å². The topological polar surface area (TPSA) is 38.0 Å². The van der Waals surface area contributed by atoms with Crippen LogP contribution in [0, 0.1) is 13.8 Å². The Balaban J connectivity index is 2.08. The highest BCUT2D eigenvalue weighted by Gasteiger charge is 2.14. The lowest BCUT2D eigenvalue weighted by Crippen LogP contribution is -2.38. The summed E-state index contributed by atoms with van der Waals surface area (Å²) in [6.07, 6.45) is 11.2. The quantitative estimate of drug-likeness (QED) is 0.494. The Labute approximate surface area is 123 Å². The Bertz CT molecular complexity index is 462. The zero-order valence-electron chi connectivity index (χ0n) is 12.9. The highest BCUT2D eigenvalue weighted by atomic mass is 15.2. The highest BCUT2D eigenvalue weighted by molar-refractivity contribution is 5.31. The van der Waals surface area contributed by atoms with Gasteiger partial charge >= 0.3 is 0 Å². The molecule has 0 saturated heterocycles. The SMILES string of the molecule is Cc1ccc(CC(NN)/C2=C/CCCCCC2)cc1C. The molecule has 0 bridgehead atoms. The van der Waals surface area contributed by atoms with Gasteiger partial charge in [-0.25, -0.2) is 0 Å². The Morgan fingerprint density at radius 3 is 2.65 bits per heavy atom. The van der Waals surface area contributed by atoms with E-state index in [2.05, 4.69) is 43.5 Å². The number of hydrogen-bond donors (Lipinski definition) is 2. The van der Waals surface area contributed by atoms with E-state index in [1.807, 2.05) is 0 Å². The van der Waals surface area contributed by atoms with Crippen LogP contribution in [0.25, 0.3) is 0 Å². The number of aryl methyl sites for hydroxylation is 2. The number of hydrogen-bond acceptors (Lipinski definition) is 2. The first-order chi connectivity index (χ1) is 9.70. The van der Waals surface area contributed by atoms with E-state index in [9.17, 15) is 0 Å². The number of nitrogens with one attached hydrogen (secondary N) is 1. The van der Waals surface area contributed by atoms with Crippen LogP contribution < -0.4 is 11.3 Å². The second-order valence-corrected chi connectivity index (χ2v) is 6.07. The van der Waals surface area contributed by atoms with E-state index >= 15 is 0 Å². The van der Waals surface area contributed by atoms with E-state index in [0.29, 0.717) is 0 Å². The predicted octanol–water partition coefficient (Wildman–Crippen LogP) is 3.96. The summed E-state index contributed by atoms with van der Waals surface area (Å²) in [7, 11) is 0. The van der Waals surface area contributed by atoms with Gasteiger partial charge in [0.25, 0.3) is 0 Å². The van der Waals surface area contributed by atoms with Crippen molar-refractivity contribution in [1.82, 2.24) is 5.43 Å². The van der Waals surface area contributed by atoms with Gasteiger partial charge in [0.1, 0.15) is 0 Å². The van der Waals surface area contributed by atoms with E-state index in [1.54, 1.807) is 0 Å². The van der Waals surface area contributed by atoms with Crippen molar-refractivity contribution in [1.29, 1.82) is 0 Å². The van der Waals surface area contributed by atoms with Gasteiger partial charge in [0.15, 0.2) is 0 Å². The van der Waals surface area contributed by atoms with E-state index in [0.717, 1.165) is 6.42 Å². The molecule has 110 valence electrons. The van der Waals surface area contributed by atoms with Gasteiger partial charge in [-0.3, -0.25) is 11.3 Å². The molecule has 0 saturated carbocycles. The molecule has 2 nitrogen and oxygen atoms in total. The zero-order valence-corrected chi connectivity index (χ0v) is 12.9. The molecule has 1 unspecified atom stereocenters. The molecule has 2 heteroatoms. The number of allylic oxidation sites excluding steroid dienone is 1. The third-order valence-corrected chi connectivity index (χ3v) is 4.49. The van der Waals surface area contributed by atoms with Gasteiger partial charge in [0, 0.05) is 6.04 Å². The summed E-state index contributed by atoms with van der Waals surface area (Å²) in [5, 5.41) is 0. The van der Waals surface area contributed by atoms with Gasteiger partial charge < -0.3 is 0 Å². The van der Waals surface area contributed by atoms with Crippen LogP contribution in [-0.4, -0.2) is 6.04 Å². The van der Waals surface area contributed by atoms with Crippen LogP contribution in [0.15, 0.2) is 29.8 Å². The summed E-state index contributed by atoms with van der Waals surface area (Å²) in [5.41, 5.74) is 8.64. The molecule has 20 heavy (non-hydrogen) atoms. The van der Waals surface area contributed by atoms with Crippen molar-refractivity contribution < 1.29 is 0 Å². The average Bonchev–Trinajstić information content (AvgIpc) is 2.40. The van der Waals surface area contributed by atoms with E-state index < -0.39 is 0 Å². The molecule has 1 aliphatic carbocycles. The predicted molar refractivity (Wildman–Crippen MR) is 86.5 cm³/mol. The molecule has 0 amide bonds. The van der Waals surface area contributed by atoms with Crippen molar-refractivity contribution in [3.05, 3.63) is 46.5 Å². The number of hydrazine groups is 1. The Hall–Kier alpha value is -1.12. The molecule has 1 aliphatic rings. The lowest BCUT2D eigenvalue weighted by atomic mass is 9.91. The summed E-state index contributed by atoms with van der Waals surface area (Å²) in [4.78, 5) is 0. The van der Waals surface area contributed by atoms with Crippen LogP contribution in [0.3, 0.4) is 0 Å². The molecule has 3 N–H and O–H groups in total. The van der Waals surface area contributed by atoms with Crippen LogP contribution in [0.4, 0.5) is 0 Å². The van der Waals surface area contributed by atoms with E-state index in [-0.39, 0.29) is 6.04 Å². The first kappa shape index (κ1) is 15.3. The molecule has 0 radical (unpaired) electrons. The molecule has 0 aromatic heterocycles. The molecule has 0 spiro atoms. The van der Waals surface area contributed by atoms with Crippen LogP contribution in [0.5, 0.6) is 0 Å². The van der Waals surface area contributed by atoms with Crippen molar-refractivity contribution in [3.63, 3.8) is 0 Å². The lowest BCUT2D eigenvalue weighted by molar-refractivity contribution is 0.537. The molecule has 0 heterocycles. The van der Waals surface area contributed by atoms with Crippen LogP contribution in [0.2, 0.25) is 0 Å². The highest BCUT2D eigenvalue weighted by Crippen LogP contribution is 2.22. The fraction of sp³-hybridized carbons (Fsp3) is 0.556. The third-order valence-electron chi connectivity index (χ3n) is 4.49. The zero-order chi connectivity index (χ0) is 14.4. The maximum atomic E-state index is 5.82. The smallest absolute Gasteiger partial charge is 0.0460 e. The van der Waals surface area contributed by atoms with Crippen molar-refractivity contribution in [2.75, 3.05) is 0 Å². The van der Waals surface area contributed by atoms with E-state index in [4.69, 9.17) is 5.84 Å². The molecule has 0 aliphatic heterocycles. The maximum absolute atomic E-state index is 5.82. The van der Waals surface area contributed by atoms with Crippen LogP contribution in [-0.2, 0) is 6.42 Å². The standard InChI is InChI=1S/C18H28N2/c1-14-10-11-16(12-15(14)2)13-18(20-19)17-8-6-4-3-5-7-9-17/h8,10-12,18,20H,3-7,9,13,19H2,1-2H3/b17-8+. The van der Waals surface area contributed by atoms with Gasteiger partial charge in [0.05, 0.1) is 0 Å². The van der Waals surface area contributed by atoms with Crippen LogP contribution >= 0.6 is 0 Å². The largest absolute Gasteiger partial charge is 0.271 e. The van der Waals surface area contributed by atoms with Gasteiger partial charge in [-0.15, -0.1) is 0 Å². The summed E-state index contributed by atoms with van der Waals surface area (Å²) in [5.74, 6) is 5.82. The second kappa shape index (κ2) is 7.61. The summed E-state index contributed by atoms with van der Waals surface area (Å²) in [6.45, 7) is 4.34. The number of rotatable bonds is 4. The Morgan fingerprint density at radius 1 is 1.10 bits per heavy atom. The molecule has 1 aromatic carbocycles. The van der Waals surface area contributed by atoms with Gasteiger partial charge in [-0.2, -0.15) is 0 Å². The minimum Gasteiger partial charge on any atom is -0.271 e. The maximum Gasteiger partial charge on any atom is 0.0460 e. The third kappa shape index (κ3) is 4.19. The number of nitrogens with two attached hydrogens (primary N) is 1. The number of benzene rings is 1. The first-order valence-corrected chi connectivity index (χ1v) is 7.92. The first-order valence-electron chi connectivity index (χ1n) is 7.92. The van der Waals surface area contributed by atoms with Crippen LogP contribution in [0.1, 0.15) is 55.2 Å². The fourth-order valence-electron chi connectivity index (χ4n) is 3.00. The van der Waals surface area contributed by atoms with Crippen molar-refractivity contribution in [2.45, 2.75) is 64.8 Å². The van der Waals surface area contributed by atoms with Crippen molar-refractivity contribution in [2.24, 2.45) is 5.84 Å². The summed E-state index contributed by atoms with van der Waals surface area (Å²) >= 11 is 0. The van der Waals surface area contributed by atoms with Crippen molar-refractivity contribution in [3.8, 4) is 0 Å². The summed E-state index contributed by atoms with van der Waals surface area (Å²) in [6, 6.07) is 7.03. The minimum atomic E-state index is 0.287. The average molecular weight is 272 g/mol. The fourth-order valence-corrected chi connectivity index (χ4v) is 3.00. The molecular weight excluding hydrogens is 244 g/mol. The van der Waals surface area contributed by atoms with Crippen molar-refractivity contribution >= 4 is 0 Å². The Kier molecular flexibility index (Phi) is 5.81. The lowest BCUT2D eigenvalue weighted by Gasteiger charge is -2.22. The molecule has 1 atom stereocenters. The van der Waals surface area contributed by atoms with Gasteiger partial charge in [-0.1, -0.05) is 42.7 Å². The molecular formula is C18H28N2. The monoisotopic (exact) mass is 272 g/mol. The minimum absolute atomic E-state index is 0.287. The second-order valence-electron chi connectivity index (χ2n) is 6.07. The van der Waals surface area contributed by atoms with Gasteiger partial charge in [-0.05, 0) is 62.6 Å². The molecule has 2 rings (SSSR count).